The average Bonchev–Trinajstić information content (AvgIpc) is 2.66. The number of carbonyl (C=O) groups excluding carboxylic acids is 1. The Morgan fingerprint density at radius 2 is 1.86 bits per heavy atom. The van der Waals surface area contributed by atoms with Crippen LogP contribution in [0.3, 0.4) is 0 Å². The number of pyridine rings is 1. The van der Waals surface area contributed by atoms with Crippen LogP contribution in [0.25, 0.3) is 10.9 Å². The Bertz CT molecular complexity index is 1040. The Hall–Kier alpha value is -3.09. The molecule has 0 spiro atoms. The molecule has 7 heteroatoms. The number of rotatable bonds is 5. The van der Waals surface area contributed by atoms with Crippen LogP contribution in [-0.2, 0) is 19.0 Å². The van der Waals surface area contributed by atoms with Crippen molar-refractivity contribution in [3.63, 3.8) is 0 Å². The standard InChI is InChI=1S/C21H20F3N3O/c1-3-12-5-7-15(20(25)28)14(4-2)19(12)27-17-9-10-26-18-11-13(21(22,23)24)6-8-16(17)18/h5-11H,3-4H2,1-2H3,(H2,25,28)(H,26,27). The Morgan fingerprint density at radius 3 is 2.46 bits per heavy atom. The van der Waals surface area contributed by atoms with E-state index in [1.54, 1.807) is 12.1 Å². The van der Waals surface area contributed by atoms with Crippen molar-refractivity contribution >= 4 is 28.2 Å². The minimum Gasteiger partial charge on any atom is -0.366 e. The molecule has 0 aliphatic heterocycles. The molecule has 146 valence electrons. The van der Waals surface area contributed by atoms with Crippen LogP contribution in [0.1, 0.15) is 40.9 Å². The van der Waals surface area contributed by atoms with E-state index < -0.39 is 17.6 Å². The van der Waals surface area contributed by atoms with Gasteiger partial charge in [0, 0.05) is 28.5 Å². The first-order chi connectivity index (χ1) is 13.3. The summed E-state index contributed by atoms with van der Waals surface area (Å²) in [6.07, 6.45) is -1.68. The van der Waals surface area contributed by atoms with Crippen LogP contribution in [0.5, 0.6) is 0 Å². The highest BCUT2D eigenvalue weighted by atomic mass is 19.4. The van der Waals surface area contributed by atoms with E-state index in [0.29, 0.717) is 23.1 Å². The monoisotopic (exact) mass is 387 g/mol. The number of nitrogens with one attached hydrogen (secondary N) is 1. The fourth-order valence-electron chi connectivity index (χ4n) is 3.31. The summed E-state index contributed by atoms with van der Waals surface area (Å²) in [5, 5.41) is 3.87. The molecule has 0 saturated heterocycles. The summed E-state index contributed by atoms with van der Waals surface area (Å²) < 4.78 is 39.0. The molecule has 0 saturated carbocycles. The third-order valence-corrected chi connectivity index (χ3v) is 4.73. The fourth-order valence-corrected chi connectivity index (χ4v) is 3.31. The smallest absolute Gasteiger partial charge is 0.366 e. The SMILES string of the molecule is CCc1ccc(C(N)=O)c(CC)c1Nc1ccnc2cc(C(F)(F)F)ccc12. The number of fused-ring (bicyclic) bond motifs is 1. The summed E-state index contributed by atoms with van der Waals surface area (Å²) in [5.41, 5.74) is 8.57. The van der Waals surface area contributed by atoms with Gasteiger partial charge in [-0.15, -0.1) is 0 Å². The number of halogens is 3. The van der Waals surface area contributed by atoms with E-state index in [2.05, 4.69) is 10.3 Å². The first-order valence-electron chi connectivity index (χ1n) is 8.93. The number of hydrogen-bond donors (Lipinski definition) is 2. The quantitative estimate of drug-likeness (QED) is 0.631. The Morgan fingerprint density at radius 1 is 1.11 bits per heavy atom. The van der Waals surface area contributed by atoms with Crippen molar-refractivity contribution in [2.45, 2.75) is 32.9 Å². The Kier molecular flexibility index (Phi) is 5.27. The lowest BCUT2D eigenvalue weighted by atomic mass is 9.96. The van der Waals surface area contributed by atoms with Crippen LogP contribution in [0, 0.1) is 0 Å². The molecule has 0 radical (unpaired) electrons. The van der Waals surface area contributed by atoms with Gasteiger partial charge in [-0.1, -0.05) is 26.0 Å². The van der Waals surface area contributed by atoms with E-state index in [4.69, 9.17) is 5.73 Å². The van der Waals surface area contributed by atoms with E-state index in [1.807, 2.05) is 19.9 Å². The van der Waals surface area contributed by atoms with Crippen LogP contribution >= 0.6 is 0 Å². The van der Waals surface area contributed by atoms with E-state index in [-0.39, 0.29) is 5.52 Å². The summed E-state index contributed by atoms with van der Waals surface area (Å²) >= 11 is 0. The van der Waals surface area contributed by atoms with Gasteiger partial charge in [-0.05, 0) is 48.2 Å². The first kappa shape index (κ1) is 19.7. The number of aromatic nitrogens is 1. The van der Waals surface area contributed by atoms with Crippen LogP contribution in [0.15, 0.2) is 42.6 Å². The third kappa shape index (κ3) is 3.65. The number of alkyl halides is 3. The van der Waals surface area contributed by atoms with Crippen LogP contribution < -0.4 is 11.1 Å². The molecule has 3 aromatic rings. The van der Waals surface area contributed by atoms with E-state index in [9.17, 15) is 18.0 Å². The van der Waals surface area contributed by atoms with Gasteiger partial charge in [-0.3, -0.25) is 9.78 Å². The van der Waals surface area contributed by atoms with Crippen molar-refractivity contribution in [3.8, 4) is 0 Å². The van der Waals surface area contributed by atoms with Gasteiger partial charge in [0.25, 0.3) is 0 Å². The van der Waals surface area contributed by atoms with Crippen LogP contribution in [0.4, 0.5) is 24.5 Å². The summed E-state index contributed by atoms with van der Waals surface area (Å²) in [7, 11) is 0. The van der Waals surface area contributed by atoms with Gasteiger partial charge in [0.2, 0.25) is 5.91 Å². The van der Waals surface area contributed by atoms with Crippen molar-refractivity contribution in [2.75, 3.05) is 5.32 Å². The molecule has 2 aromatic carbocycles. The summed E-state index contributed by atoms with van der Waals surface area (Å²) in [4.78, 5) is 15.9. The molecular weight excluding hydrogens is 367 g/mol. The second-order valence-electron chi connectivity index (χ2n) is 6.41. The average molecular weight is 387 g/mol. The van der Waals surface area contributed by atoms with Gasteiger partial charge in [0.15, 0.2) is 0 Å². The molecule has 1 aromatic heterocycles. The van der Waals surface area contributed by atoms with E-state index in [0.717, 1.165) is 35.4 Å². The molecule has 3 rings (SSSR count). The first-order valence-corrected chi connectivity index (χ1v) is 8.93. The predicted molar refractivity (Wildman–Crippen MR) is 104 cm³/mol. The molecule has 0 aliphatic rings. The highest BCUT2D eigenvalue weighted by Gasteiger charge is 2.30. The number of anilines is 2. The maximum Gasteiger partial charge on any atom is 0.416 e. The van der Waals surface area contributed by atoms with Gasteiger partial charge in [-0.25, -0.2) is 0 Å². The molecule has 1 heterocycles. The molecule has 0 fully saturated rings. The predicted octanol–water partition coefficient (Wildman–Crippen LogP) is 5.22. The second-order valence-corrected chi connectivity index (χ2v) is 6.41. The van der Waals surface area contributed by atoms with E-state index in [1.165, 1.54) is 12.3 Å². The topological polar surface area (TPSA) is 68.0 Å². The highest BCUT2D eigenvalue weighted by Crippen LogP contribution is 2.35. The number of nitrogens with two attached hydrogens (primary N) is 1. The Labute approximate surface area is 160 Å². The number of nitrogens with zero attached hydrogens (tertiary/aromatic N) is 1. The van der Waals surface area contributed by atoms with Crippen molar-refractivity contribution in [1.82, 2.24) is 4.98 Å². The molecule has 0 unspecified atom stereocenters. The normalized spacial score (nSPS) is 11.6. The molecule has 28 heavy (non-hydrogen) atoms. The van der Waals surface area contributed by atoms with Crippen molar-refractivity contribution in [2.24, 2.45) is 5.73 Å². The van der Waals surface area contributed by atoms with Crippen molar-refractivity contribution in [1.29, 1.82) is 0 Å². The van der Waals surface area contributed by atoms with Gasteiger partial charge >= 0.3 is 6.18 Å². The summed E-state index contributed by atoms with van der Waals surface area (Å²) in [6.45, 7) is 3.91. The zero-order valence-electron chi connectivity index (χ0n) is 15.5. The minimum absolute atomic E-state index is 0.238. The van der Waals surface area contributed by atoms with Crippen molar-refractivity contribution < 1.29 is 18.0 Å². The number of hydrogen-bond acceptors (Lipinski definition) is 3. The molecule has 3 N–H and O–H groups in total. The molecule has 0 aliphatic carbocycles. The van der Waals surface area contributed by atoms with Gasteiger partial charge < -0.3 is 11.1 Å². The van der Waals surface area contributed by atoms with E-state index >= 15 is 0 Å². The molecule has 4 nitrogen and oxygen atoms in total. The van der Waals surface area contributed by atoms with Crippen LogP contribution in [-0.4, -0.2) is 10.9 Å². The lowest BCUT2D eigenvalue weighted by Crippen LogP contribution is -2.15. The lowest BCUT2D eigenvalue weighted by Gasteiger charge is -2.19. The number of carbonyl (C=O) groups is 1. The maximum atomic E-state index is 13.0. The molecule has 1 amide bonds. The van der Waals surface area contributed by atoms with Crippen molar-refractivity contribution in [3.05, 3.63) is 64.8 Å². The third-order valence-electron chi connectivity index (χ3n) is 4.73. The fraction of sp³-hybridized carbons (Fsp3) is 0.238. The van der Waals surface area contributed by atoms with Gasteiger partial charge in [-0.2, -0.15) is 13.2 Å². The molecular formula is C21H20F3N3O. The number of aryl methyl sites for hydroxylation is 1. The minimum atomic E-state index is -4.43. The van der Waals surface area contributed by atoms with Gasteiger partial charge in [0.1, 0.15) is 0 Å². The maximum absolute atomic E-state index is 13.0. The number of benzene rings is 2. The Balaban J connectivity index is 2.15. The highest BCUT2D eigenvalue weighted by molar-refractivity contribution is 5.98. The van der Waals surface area contributed by atoms with Crippen LogP contribution in [0.2, 0.25) is 0 Å². The lowest BCUT2D eigenvalue weighted by molar-refractivity contribution is -0.137. The molecule has 0 bridgehead atoms. The zero-order valence-corrected chi connectivity index (χ0v) is 15.5. The summed E-state index contributed by atoms with van der Waals surface area (Å²) in [5.74, 6) is -0.517. The van der Waals surface area contributed by atoms with Gasteiger partial charge in [0.05, 0.1) is 11.1 Å². The number of amides is 1. The largest absolute Gasteiger partial charge is 0.416 e. The zero-order chi connectivity index (χ0) is 20.5. The number of primary amides is 1. The molecule has 0 atom stereocenters. The summed E-state index contributed by atoms with van der Waals surface area (Å²) in [6, 6.07) is 8.73. The second kappa shape index (κ2) is 7.50.